The largest absolute Gasteiger partial charge is 0.300 e. The van der Waals surface area contributed by atoms with Crippen molar-refractivity contribution in [1.29, 1.82) is 10.5 Å². The molecule has 1 aliphatic carbocycles. The average molecular weight is 512 g/mol. The SMILES string of the molecule is C/N=C/C1(C)CCC(n2ncc(-c3cc(Sc4ccc(F)cc4C#N)c4c(C#N)cnn4c3)c2C)CC1. The maximum Gasteiger partial charge on any atom is 0.124 e. The van der Waals surface area contributed by atoms with Gasteiger partial charge in [-0.2, -0.15) is 20.7 Å². The van der Waals surface area contributed by atoms with Crippen molar-refractivity contribution >= 4 is 23.5 Å². The summed E-state index contributed by atoms with van der Waals surface area (Å²) in [7, 11) is 1.83. The van der Waals surface area contributed by atoms with Gasteiger partial charge in [-0.05, 0) is 56.9 Å². The molecule has 1 aliphatic rings. The molecule has 9 heteroatoms. The molecule has 0 unspecified atom stereocenters. The predicted molar refractivity (Wildman–Crippen MR) is 141 cm³/mol. The molecule has 0 N–H and O–H groups in total. The second-order valence-electron chi connectivity index (χ2n) is 9.77. The van der Waals surface area contributed by atoms with Crippen LogP contribution in [0.4, 0.5) is 4.39 Å². The van der Waals surface area contributed by atoms with E-state index >= 15 is 0 Å². The predicted octanol–water partition coefficient (Wildman–Crippen LogP) is 6.36. The maximum atomic E-state index is 13.7. The van der Waals surface area contributed by atoms with E-state index in [1.54, 1.807) is 10.6 Å². The Bertz CT molecular complexity index is 1590. The third kappa shape index (κ3) is 4.63. The Hall–Kier alpha value is -3.95. The highest BCUT2D eigenvalue weighted by atomic mass is 32.2. The third-order valence-corrected chi connectivity index (χ3v) is 8.33. The Labute approximate surface area is 219 Å². The van der Waals surface area contributed by atoms with Gasteiger partial charge in [-0.3, -0.25) is 4.68 Å². The van der Waals surface area contributed by atoms with Crippen molar-refractivity contribution in [1.82, 2.24) is 19.4 Å². The number of hydrogen-bond acceptors (Lipinski definition) is 6. The average Bonchev–Trinajstić information content (AvgIpc) is 3.49. The van der Waals surface area contributed by atoms with E-state index < -0.39 is 5.82 Å². The summed E-state index contributed by atoms with van der Waals surface area (Å²) in [5, 5.41) is 28.4. The van der Waals surface area contributed by atoms with Crippen molar-refractivity contribution in [2.75, 3.05) is 7.05 Å². The van der Waals surface area contributed by atoms with Crippen LogP contribution in [-0.2, 0) is 0 Å². The summed E-state index contributed by atoms with van der Waals surface area (Å²) in [6.45, 7) is 4.35. The lowest BCUT2D eigenvalue weighted by Crippen LogP contribution is -2.28. The first kappa shape index (κ1) is 24.7. The minimum absolute atomic E-state index is 0.146. The fourth-order valence-corrected chi connectivity index (χ4v) is 6.28. The van der Waals surface area contributed by atoms with Crippen LogP contribution in [-0.4, -0.2) is 32.7 Å². The van der Waals surface area contributed by atoms with Crippen LogP contribution in [0.5, 0.6) is 0 Å². The Morgan fingerprint density at radius 1 is 1.11 bits per heavy atom. The van der Waals surface area contributed by atoms with Crippen LogP contribution < -0.4 is 0 Å². The van der Waals surface area contributed by atoms with Crippen molar-refractivity contribution in [2.24, 2.45) is 10.4 Å². The first-order valence-corrected chi connectivity index (χ1v) is 12.9. The number of halogens is 1. The van der Waals surface area contributed by atoms with Gasteiger partial charge in [0.05, 0.1) is 35.1 Å². The lowest BCUT2D eigenvalue weighted by molar-refractivity contribution is 0.233. The van der Waals surface area contributed by atoms with Gasteiger partial charge in [0.25, 0.3) is 0 Å². The molecule has 0 radical (unpaired) electrons. The molecule has 0 atom stereocenters. The molecule has 0 amide bonds. The van der Waals surface area contributed by atoms with Crippen molar-refractivity contribution in [2.45, 2.75) is 55.4 Å². The second kappa shape index (κ2) is 9.84. The van der Waals surface area contributed by atoms with Crippen molar-refractivity contribution in [3.63, 3.8) is 0 Å². The summed E-state index contributed by atoms with van der Waals surface area (Å²) in [4.78, 5) is 5.63. The third-order valence-electron chi connectivity index (χ3n) is 7.22. The van der Waals surface area contributed by atoms with Gasteiger partial charge in [0.1, 0.15) is 18.0 Å². The fourth-order valence-electron chi connectivity index (χ4n) is 5.21. The molecule has 37 heavy (non-hydrogen) atoms. The quantitative estimate of drug-likeness (QED) is 0.291. The highest BCUT2D eigenvalue weighted by molar-refractivity contribution is 7.99. The number of aliphatic imine (C=N–C) groups is 1. The fraction of sp³-hybridized carbons (Fsp3) is 0.321. The van der Waals surface area contributed by atoms with Crippen LogP contribution in [0.25, 0.3) is 16.6 Å². The van der Waals surface area contributed by atoms with Crippen LogP contribution in [0.15, 0.2) is 57.6 Å². The van der Waals surface area contributed by atoms with Gasteiger partial charge >= 0.3 is 0 Å². The zero-order valence-electron chi connectivity index (χ0n) is 20.9. The van der Waals surface area contributed by atoms with E-state index in [9.17, 15) is 14.9 Å². The highest BCUT2D eigenvalue weighted by Gasteiger charge is 2.31. The number of rotatable bonds is 5. The number of fused-ring (bicyclic) bond motifs is 1. The van der Waals surface area contributed by atoms with E-state index in [1.165, 1.54) is 30.1 Å². The molecule has 1 aromatic carbocycles. The molecule has 5 rings (SSSR count). The molecule has 0 saturated heterocycles. The number of benzene rings is 1. The second-order valence-corrected chi connectivity index (χ2v) is 10.9. The first-order chi connectivity index (χ1) is 17.9. The van der Waals surface area contributed by atoms with Gasteiger partial charge in [-0.1, -0.05) is 18.7 Å². The minimum atomic E-state index is -0.463. The molecule has 0 bridgehead atoms. The molecule has 0 spiro atoms. The summed E-state index contributed by atoms with van der Waals surface area (Å²) in [6, 6.07) is 10.7. The van der Waals surface area contributed by atoms with E-state index in [0.29, 0.717) is 22.0 Å². The van der Waals surface area contributed by atoms with Gasteiger partial charge in [-0.15, -0.1) is 0 Å². The van der Waals surface area contributed by atoms with Gasteiger partial charge < -0.3 is 4.99 Å². The number of aromatic nitrogens is 4. The Morgan fingerprint density at radius 3 is 2.57 bits per heavy atom. The van der Waals surface area contributed by atoms with Crippen LogP contribution in [0.2, 0.25) is 0 Å². The van der Waals surface area contributed by atoms with Gasteiger partial charge in [0, 0.05) is 51.5 Å². The summed E-state index contributed by atoms with van der Waals surface area (Å²) in [5.41, 5.74) is 4.44. The molecule has 1 fully saturated rings. The van der Waals surface area contributed by atoms with Crippen LogP contribution >= 0.6 is 11.8 Å². The zero-order chi connectivity index (χ0) is 26.2. The molecule has 186 valence electrons. The van der Waals surface area contributed by atoms with Crippen LogP contribution in [0.3, 0.4) is 0 Å². The number of pyridine rings is 1. The lowest BCUT2D eigenvalue weighted by atomic mass is 9.75. The molecule has 3 heterocycles. The van der Waals surface area contributed by atoms with E-state index in [1.807, 2.05) is 25.5 Å². The van der Waals surface area contributed by atoms with Crippen LogP contribution in [0.1, 0.15) is 55.5 Å². The minimum Gasteiger partial charge on any atom is -0.300 e. The molecule has 4 aromatic rings. The smallest absolute Gasteiger partial charge is 0.124 e. The summed E-state index contributed by atoms with van der Waals surface area (Å²) in [5.74, 6) is -0.463. The van der Waals surface area contributed by atoms with Crippen molar-refractivity contribution < 1.29 is 4.39 Å². The summed E-state index contributed by atoms with van der Waals surface area (Å²) < 4.78 is 17.6. The number of hydrogen-bond donors (Lipinski definition) is 0. The van der Waals surface area contributed by atoms with E-state index in [2.05, 4.69) is 47.0 Å². The van der Waals surface area contributed by atoms with Gasteiger partial charge in [0.2, 0.25) is 0 Å². The number of nitrogens with zero attached hydrogens (tertiary/aromatic N) is 7. The lowest BCUT2D eigenvalue weighted by Gasteiger charge is -2.35. The van der Waals surface area contributed by atoms with Crippen molar-refractivity contribution in [3.8, 4) is 23.3 Å². The van der Waals surface area contributed by atoms with Gasteiger partial charge in [-0.25, -0.2) is 8.91 Å². The van der Waals surface area contributed by atoms with E-state index in [0.717, 1.165) is 47.4 Å². The van der Waals surface area contributed by atoms with Crippen LogP contribution in [0, 0.1) is 40.8 Å². The normalized spacial score (nSPS) is 19.8. The molecule has 0 aliphatic heterocycles. The standard InChI is InChI=1S/C28H26FN7S/c1-18-24(15-34-36(18)23-6-8-28(2,9-7-23)17-32-3)20-11-26(27-21(13-31)14-33-35(27)16-20)37-25-5-4-22(29)10-19(25)12-30/h4-5,10-11,14-17,23H,6-9H2,1-3H3/b32-17+. The van der Waals surface area contributed by atoms with E-state index in [-0.39, 0.29) is 11.0 Å². The zero-order valence-corrected chi connectivity index (χ0v) is 21.8. The molecule has 1 saturated carbocycles. The molecular formula is C28H26FN7S. The summed E-state index contributed by atoms with van der Waals surface area (Å²) in [6.07, 6.45) is 11.6. The number of nitriles is 2. The molecule has 7 nitrogen and oxygen atoms in total. The Balaban J connectivity index is 1.53. The maximum absolute atomic E-state index is 13.7. The topological polar surface area (TPSA) is 95.1 Å². The summed E-state index contributed by atoms with van der Waals surface area (Å²) >= 11 is 1.32. The van der Waals surface area contributed by atoms with Gasteiger partial charge in [0.15, 0.2) is 0 Å². The molecule has 3 aromatic heterocycles. The monoisotopic (exact) mass is 511 g/mol. The first-order valence-electron chi connectivity index (χ1n) is 12.1. The van der Waals surface area contributed by atoms with Crippen molar-refractivity contribution in [3.05, 3.63) is 65.5 Å². The van der Waals surface area contributed by atoms with E-state index in [4.69, 9.17) is 5.10 Å². The Morgan fingerprint density at radius 2 is 1.86 bits per heavy atom. The molecular weight excluding hydrogens is 485 g/mol. The Kier molecular flexibility index (Phi) is 6.57. The highest BCUT2D eigenvalue weighted by Crippen LogP contribution is 2.41.